The summed E-state index contributed by atoms with van der Waals surface area (Å²) >= 11 is 0. The number of hydrogen-bond acceptors (Lipinski definition) is 1. The first-order valence-corrected chi connectivity index (χ1v) is 4.18. The monoisotopic (exact) mass is 235 g/mol. The van der Waals surface area contributed by atoms with Gasteiger partial charge in [-0.25, -0.2) is 0 Å². The number of alkyl halides is 5. The number of fused-ring (bicyclic) bond motifs is 1. The van der Waals surface area contributed by atoms with E-state index in [0.29, 0.717) is 0 Å². The summed E-state index contributed by atoms with van der Waals surface area (Å²) in [4.78, 5) is 0. The zero-order chi connectivity index (χ0) is 12.0. The number of para-hydroxylation sites is 1. The lowest BCUT2D eigenvalue weighted by atomic mass is 10.2. The van der Waals surface area contributed by atoms with Crippen molar-refractivity contribution in [2.24, 2.45) is 0 Å². The Labute approximate surface area is 86.5 Å². The highest BCUT2D eigenvalue weighted by molar-refractivity contribution is 5.77. The van der Waals surface area contributed by atoms with Crippen molar-refractivity contribution in [3.05, 3.63) is 36.1 Å². The molecular weight excluding hydrogens is 231 g/mol. The van der Waals surface area contributed by atoms with Crippen molar-refractivity contribution in [1.82, 2.24) is 0 Å². The maximum atomic E-state index is 12.9. The first-order chi connectivity index (χ1) is 7.32. The van der Waals surface area contributed by atoms with Gasteiger partial charge < -0.3 is 4.42 Å². The van der Waals surface area contributed by atoms with Crippen LogP contribution in [0.5, 0.6) is 0 Å². The fourth-order valence-electron chi connectivity index (χ4n) is 1.19. The average molecular weight is 235 g/mol. The first kappa shape index (κ1) is 10.9. The molecule has 0 N–H and O–H groups in total. The third kappa shape index (κ3) is 1.54. The van der Waals surface area contributed by atoms with Crippen molar-refractivity contribution in [3.8, 4) is 0 Å². The van der Waals surface area contributed by atoms with Gasteiger partial charge in [0, 0.05) is 11.5 Å². The standard InChI is InChI=1S/C10H4F5O/c11-9(12,10(13,14)15)8-5-6-3-1-2-4-7(6)16-8/h1-4H. The lowest BCUT2D eigenvalue weighted by Crippen LogP contribution is -2.33. The maximum absolute atomic E-state index is 12.9. The molecule has 2 rings (SSSR count). The molecule has 1 aromatic carbocycles. The molecule has 1 aromatic heterocycles. The van der Waals surface area contributed by atoms with Crippen molar-refractivity contribution in [3.63, 3.8) is 0 Å². The summed E-state index contributed by atoms with van der Waals surface area (Å²) in [6.07, 6.45) is -5.68. The Balaban J connectivity index is 2.56. The lowest BCUT2D eigenvalue weighted by molar-refractivity contribution is -0.295. The molecule has 0 atom stereocenters. The average Bonchev–Trinajstić information content (AvgIpc) is 2.59. The van der Waals surface area contributed by atoms with Gasteiger partial charge in [-0.2, -0.15) is 22.0 Å². The number of halogens is 5. The van der Waals surface area contributed by atoms with Crippen LogP contribution in [0.25, 0.3) is 11.0 Å². The van der Waals surface area contributed by atoms with Crippen molar-refractivity contribution in [2.75, 3.05) is 0 Å². The van der Waals surface area contributed by atoms with Gasteiger partial charge in [0.1, 0.15) is 5.58 Å². The third-order valence-electron chi connectivity index (χ3n) is 1.99. The minimum Gasteiger partial charge on any atom is -0.454 e. The molecule has 6 heteroatoms. The Morgan fingerprint density at radius 2 is 1.62 bits per heavy atom. The van der Waals surface area contributed by atoms with E-state index in [-0.39, 0.29) is 11.0 Å². The van der Waals surface area contributed by atoms with Crippen LogP contribution in [0, 0.1) is 6.07 Å². The summed E-state index contributed by atoms with van der Waals surface area (Å²) in [7, 11) is 0. The van der Waals surface area contributed by atoms with Gasteiger partial charge in [-0.3, -0.25) is 0 Å². The molecule has 0 aliphatic rings. The quantitative estimate of drug-likeness (QED) is 0.683. The van der Waals surface area contributed by atoms with Gasteiger partial charge in [-0.1, -0.05) is 18.2 Å². The SMILES string of the molecule is FC(F)(F)C(F)(F)c1[c]c2ccccc2o1. The Morgan fingerprint density at radius 1 is 1.00 bits per heavy atom. The smallest absolute Gasteiger partial charge is 0.454 e. The van der Waals surface area contributed by atoms with Gasteiger partial charge in [-0.05, 0) is 6.07 Å². The highest BCUT2D eigenvalue weighted by Crippen LogP contribution is 2.45. The largest absolute Gasteiger partial charge is 0.461 e. The minimum atomic E-state index is -5.68. The second kappa shape index (κ2) is 3.20. The molecule has 0 saturated carbocycles. The van der Waals surface area contributed by atoms with Crippen LogP contribution in [0.3, 0.4) is 0 Å². The molecule has 0 aliphatic heterocycles. The van der Waals surface area contributed by atoms with Gasteiger partial charge in [-0.15, -0.1) is 0 Å². The van der Waals surface area contributed by atoms with Crippen molar-refractivity contribution >= 4 is 11.0 Å². The molecule has 0 aliphatic carbocycles. The summed E-state index contributed by atoms with van der Waals surface area (Å²) in [5.74, 6) is -6.53. The van der Waals surface area contributed by atoms with Crippen LogP contribution in [0.15, 0.2) is 28.7 Å². The number of furan rings is 1. The van der Waals surface area contributed by atoms with Gasteiger partial charge in [0.2, 0.25) is 0 Å². The van der Waals surface area contributed by atoms with E-state index in [1.807, 2.05) is 6.07 Å². The van der Waals surface area contributed by atoms with E-state index in [1.54, 1.807) is 0 Å². The predicted octanol–water partition coefficient (Wildman–Crippen LogP) is 3.89. The zero-order valence-electron chi connectivity index (χ0n) is 7.61. The van der Waals surface area contributed by atoms with E-state index in [2.05, 4.69) is 4.42 Å². The zero-order valence-corrected chi connectivity index (χ0v) is 7.61. The normalized spacial score (nSPS) is 13.3. The van der Waals surface area contributed by atoms with E-state index in [4.69, 9.17) is 0 Å². The molecule has 0 unspecified atom stereocenters. The lowest BCUT2D eigenvalue weighted by Gasteiger charge is -2.16. The summed E-state index contributed by atoms with van der Waals surface area (Å²) in [5.41, 5.74) is -0.0542. The molecule has 1 radical (unpaired) electrons. The molecule has 85 valence electrons. The summed E-state index contributed by atoms with van der Waals surface area (Å²) in [6, 6.07) is 7.50. The van der Waals surface area contributed by atoms with E-state index < -0.39 is 17.9 Å². The van der Waals surface area contributed by atoms with E-state index in [1.165, 1.54) is 24.3 Å². The Morgan fingerprint density at radius 3 is 2.19 bits per heavy atom. The van der Waals surface area contributed by atoms with Crippen LogP contribution in [0.1, 0.15) is 5.76 Å². The van der Waals surface area contributed by atoms with Crippen LogP contribution < -0.4 is 0 Å². The molecule has 0 saturated heterocycles. The number of rotatable bonds is 1. The van der Waals surface area contributed by atoms with E-state index in [9.17, 15) is 22.0 Å². The fraction of sp³-hybridized carbons (Fsp3) is 0.200. The Kier molecular flexibility index (Phi) is 2.18. The molecule has 0 spiro atoms. The minimum absolute atomic E-state index is 0.0542. The van der Waals surface area contributed by atoms with E-state index >= 15 is 0 Å². The highest BCUT2D eigenvalue weighted by Gasteiger charge is 2.61. The first-order valence-electron chi connectivity index (χ1n) is 4.18. The fourth-order valence-corrected chi connectivity index (χ4v) is 1.19. The number of benzene rings is 1. The van der Waals surface area contributed by atoms with Crippen molar-refractivity contribution in [2.45, 2.75) is 12.1 Å². The van der Waals surface area contributed by atoms with Crippen molar-refractivity contribution < 1.29 is 26.4 Å². The molecular formula is C10H4F5O. The molecule has 0 fully saturated rings. The van der Waals surface area contributed by atoms with Crippen LogP contribution in [0.4, 0.5) is 22.0 Å². The predicted molar refractivity (Wildman–Crippen MR) is 45.0 cm³/mol. The van der Waals surface area contributed by atoms with Crippen LogP contribution in [-0.4, -0.2) is 6.18 Å². The Hall–Kier alpha value is -1.59. The highest BCUT2D eigenvalue weighted by atomic mass is 19.4. The summed E-state index contributed by atoms with van der Waals surface area (Å²) in [6.45, 7) is 0. The van der Waals surface area contributed by atoms with Crippen LogP contribution in [-0.2, 0) is 5.92 Å². The van der Waals surface area contributed by atoms with Crippen LogP contribution in [0.2, 0.25) is 0 Å². The van der Waals surface area contributed by atoms with E-state index in [0.717, 1.165) is 0 Å². The molecule has 2 aromatic rings. The molecule has 0 bridgehead atoms. The van der Waals surface area contributed by atoms with Gasteiger partial charge in [0.25, 0.3) is 0 Å². The topological polar surface area (TPSA) is 13.1 Å². The Bertz CT molecular complexity index is 478. The second-order valence-electron chi connectivity index (χ2n) is 3.12. The van der Waals surface area contributed by atoms with Gasteiger partial charge in [0.05, 0.1) is 0 Å². The summed E-state index contributed by atoms with van der Waals surface area (Å²) in [5, 5.41) is 0.0847. The third-order valence-corrected chi connectivity index (χ3v) is 1.99. The molecule has 1 nitrogen and oxygen atoms in total. The summed E-state index contributed by atoms with van der Waals surface area (Å²) < 4.78 is 66.2. The second-order valence-corrected chi connectivity index (χ2v) is 3.12. The van der Waals surface area contributed by atoms with Gasteiger partial charge >= 0.3 is 12.1 Å². The molecule has 0 amide bonds. The van der Waals surface area contributed by atoms with Crippen LogP contribution >= 0.6 is 0 Å². The van der Waals surface area contributed by atoms with Crippen molar-refractivity contribution in [1.29, 1.82) is 0 Å². The van der Waals surface area contributed by atoms with Gasteiger partial charge in [0.15, 0.2) is 5.76 Å². The number of hydrogen-bond donors (Lipinski definition) is 0. The molecule has 1 heterocycles. The molecule has 16 heavy (non-hydrogen) atoms. The maximum Gasteiger partial charge on any atom is 0.461 e.